The van der Waals surface area contributed by atoms with Gasteiger partial charge in [0.25, 0.3) is 5.91 Å². The van der Waals surface area contributed by atoms with E-state index in [1.165, 1.54) is 0 Å². The molecule has 0 unspecified atom stereocenters. The Kier molecular flexibility index (Phi) is 5.72. The SMILES string of the molecule is CCC(=O)Nc1cccc(OCC(=O)N[C@H](C)c2n[nH]c(=O)[nH]2)c1. The van der Waals surface area contributed by atoms with E-state index in [0.29, 0.717) is 23.7 Å². The van der Waals surface area contributed by atoms with E-state index >= 15 is 0 Å². The third kappa shape index (κ3) is 4.97. The summed E-state index contributed by atoms with van der Waals surface area (Å²) in [6.45, 7) is 3.24. The summed E-state index contributed by atoms with van der Waals surface area (Å²) in [6, 6.07) is 6.31. The van der Waals surface area contributed by atoms with Crippen molar-refractivity contribution in [2.75, 3.05) is 11.9 Å². The maximum absolute atomic E-state index is 11.9. The van der Waals surface area contributed by atoms with Crippen LogP contribution in [0.4, 0.5) is 5.69 Å². The maximum atomic E-state index is 11.9. The van der Waals surface area contributed by atoms with Crippen LogP contribution in [0.15, 0.2) is 29.1 Å². The largest absolute Gasteiger partial charge is 0.484 e. The van der Waals surface area contributed by atoms with Gasteiger partial charge < -0.3 is 15.4 Å². The summed E-state index contributed by atoms with van der Waals surface area (Å²) in [5.74, 6) is 0.318. The number of carbonyl (C=O) groups excluding carboxylic acids is 2. The minimum absolute atomic E-state index is 0.105. The summed E-state index contributed by atoms with van der Waals surface area (Å²) in [5, 5.41) is 11.3. The number of H-pyrrole nitrogens is 2. The smallest absolute Gasteiger partial charge is 0.340 e. The normalized spacial score (nSPS) is 11.6. The molecule has 0 saturated heterocycles. The number of ether oxygens (including phenoxy) is 1. The molecule has 9 nitrogen and oxygen atoms in total. The van der Waals surface area contributed by atoms with Gasteiger partial charge in [-0.05, 0) is 19.1 Å². The first kappa shape index (κ1) is 17.3. The van der Waals surface area contributed by atoms with Gasteiger partial charge in [0.1, 0.15) is 5.75 Å². The molecule has 1 aromatic carbocycles. The van der Waals surface area contributed by atoms with E-state index in [4.69, 9.17) is 4.74 Å². The number of carbonyl (C=O) groups is 2. The summed E-state index contributed by atoms with van der Waals surface area (Å²) in [6.07, 6.45) is 0.376. The number of anilines is 1. The predicted octanol–water partition coefficient (Wildman–Crippen LogP) is 0.703. The van der Waals surface area contributed by atoms with E-state index in [2.05, 4.69) is 25.8 Å². The second-order valence-electron chi connectivity index (χ2n) is 5.07. The number of hydrogen-bond donors (Lipinski definition) is 4. The third-order valence-corrected chi connectivity index (χ3v) is 3.12. The first-order valence-electron chi connectivity index (χ1n) is 7.44. The van der Waals surface area contributed by atoms with Crippen LogP contribution in [0, 0.1) is 0 Å². The van der Waals surface area contributed by atoms with Crippen molar-refractivity contribution in [2.24, 2.45) is 0 Å². The summed E-state index contributed by atoms with van der Waals surface area (Å²) in [5.41, 5.74) is 0.163. The average molecular weight is 333 g/mol. The Morgan fingerprint density at radius 2 is 2.12 bits per heavy atom. The minimum Gasteiger partial charge on any atom is -0.484 e. The van der Waals surface area contributed by atoms with Crippen LogP contribution in [0.5, 0.6) is 5.75 Å². The molecule has 4 N–H and O–H groups in total. The van der Waals surface area contributed by atoms with Crippen molar-refractivity contribution in [1.29, 1.82) is 0 Å². The Bertz CT molecular complexity index is 767. The molecule has 2 amide bonds. The molecule has 0 radical (unpaired) electrons. The van der Waals surface area contributed by atoms with Crippen LogP contribution < -0.4 is 21.1 Å². The number of hydrogen-bond acceptors (Lipinski definition) is 5. The topological polar surface area (TPSA) is 129 Å². The van der Waals surface area contributed by atoms with Gasteiger partial charge in [-0.3, -0.25) is 14.6 Å². The molecule has 9 heteroatoms. The molecule has 0 aliphatic rings. The van der Waals surface area contributed by atoms with Crippen LogP contribution in [0.2, 0.25) is 0 Å². The zero-order valence-electron chi connectivity index (χ0n) is 13.4. The van der Waals surface area contributed by atoms with E-state index in [0.717, 1.165) is 0 Å². The summed E-state index contributed by atoms with van der Waals surface area (Å²) >= 11 is 0. The Morgan fingerprint density at radius 1 is 1.33 bits per heavy atom. The molecule has 2 aromatic rings. The second-order valence-corrected chi connectivity index (χ2v) is 5.07. The van der Waals surface area contributed by atoms with Gasteiger partial charge in [-0.15, -0.1) is 0 Å². The van der Waals surface area contributed by atoms with Gasteiger partial charge in [0.05, 0.1) is 6.04 Å². The molecular weight excluding hydrogens is 314 g/mol. The Labute approximate surface area is 137 Å². The lowest BCUT2D eigenvalue weighted by atomic mass is 10.3. The van der Waals surface area contributed by atoms with E-state index in [1.807, 2.05) is 0 Å². The van der Waals surface area contributed by atoms with Crippen LogP contribution in [-0.2, 0) is 9.59 Å². The van der Waals surface area contributed by atoms with Gasteiger partial charge in [0.2, 0.25) is 5.91 Å². The highest BCUT2D eigenvalue weighted by molar-refractivity contribution is 5.90. The highest BCUT2D eigenvalue weighted by Crippen LogP contribution is 2.17. The molecule has 1 atom stereocenters. The Balaban J connectivity index is 1.86. The number of amides is 2. The molecule has 0 bridgehead atoms. The molecule has 1 heterocycles. The highest BCUT2D eigenvalue weighted by atomic mass is 16.5. The number of aromatic nitrogens is 3. The molecule has 2 rings (SSSR count). The molecule has 0 saturated carbocycles. The van der Waals surface area contributed by atoms with E-state index < -0.39 is 11.7 Å². The second kappa shape index (κ2) is 7.95. The zero-order valence-corrected chi connectivity index (χ0v) is 13.4. The van der Waals surface area contributed by atoms with Crippen LogP contribution in [-0.4, -0.2) is 33.6 Å². The number of benzene rings is 1. The van der Waals surface area contributed by atoms with E-state index in [9.17, 15) is 14.4 Å². The van der Waals surface area contributed by atoms with Gasteiger partial charge in [-0.1, -0.05) is 13.0 Å². The van der Waals surface area contributed by atoms with Crippen molar-refractivity contribution >= 4 is 17.5 Å². The number of rotatable bonds is 7. The predicted molar refractivity (Wildman–Crippen MR) is 86.6 cm³/mol. The third-order valence-electron chi connectivity index (χ3n) is 3.12. The van der Waals surface area contributed by atoms with Crippen molar-refractivity contribution in [1.82, 2.24) is 20.5 Å². The van der Waals surface area contributed by atoms with Gasteiger partial charge >= 0.3 is 5.69 Å². The van der Waals surface area contributed by atoms with Gasteiger partial charge in [0, 0.05) is 18.2 Å². The molecular formula is C15H19N5O4. The first-order chi connectivity index (χ1) is 11.5. The van der Waals surface area contributed by atoms with Gasteiger partial charge in [-0.25, -0.2) is 9.89 Å². The van der Waals surface area contributed by atoms with E-state index in [1.54, 1.807) is 38.1 Å². The lowest BCUT2D eigenvalue weighted by molar-refractivity contribution is -0.123. The van der Waals surface area contributed by atoms with Crippen molar-refractivity contribution in [3.63, 3.8) is 0 Å². The molecule has 0 fully saturated rings. The maximum Gasteiger partial charge on any atom is 0.340 e. The van der Waals surface area contributed by atoms with Crippen molar-refractivity contribution < 1.29 is 14.3 Å². The van der Waals surface area contributed by atoms with E-state index in [-0.39, 0.29) is 18.4 Å². The highest BCUT2D eigenvalue weighted by Gasteiger charge is 2.13. The van der Waals surface area contributed by atoms with Crippen molar-refractivity contribution in [2.45, 2.75) is 26.3 Å². The fourth-order valence-electron chi connectivity index (χ4n) is 1.90. The Hall–Kier alpha value is -3.10. The van der Waals surface area contributed by atoms with Crippen molar-refractivity contribution in [3.05, 3.63) is 40.6 Å². The fraction of sp³-hybridized carbons (Fsp3) is 0.333. The standard InChI is InChI=1S/C15H19N5O4/c1-3-12(21)17-10-5-4-6-11(7-10)24-8-13(22)16-9(2)14-18-15(23)20-19-14/h4-7,9H,3,8H2,1-2H3,(H,16,22)(H,17,21)(H2,18,19,20,23)/t9-/m1/s1. The quantitative estimate of drug-likeness (QED) is 0.593. The summed E-state index contributed by atoms with van der Waals surface area (Å²) in [4.78, 5) is 36.7. The molecule has 24 heavy (non-hydrogen) atoms. The van der Waals surface area contributed by atoms with Crippen molar-refractivity contribution in [3.8, 4) is 5.75 Å². The Morgan fingerprint density at radius 3 is 2.79 bits per heavy atom. The number of nitrogens with zero attached hydrogens (tertiary/aromatic N) is 1. The minimum atomic E-state index is -0.463. The van der Waals surface area contributed by atoms with Crippen LogP contribution in [0.3, 0.4) is 0 Å². The number of aromatic amines is 2. The zero-order chi connectivity index (χ0) is 17.5. The average Bonchev–Trinajstić information content (AvgIpc) is 3.00. The van der Waals surface area contributed by atoms with Gasteiger partial charge in [0.15, 0.2) is 12.4 Å². The summed E-state index contributed by atoms with van der Waals surface area (Å²) in [7, 11) is 0. The molecule has 128 valence electrons. The first-order valence-corrected chi connectivity index (χ1v) is 7.44. The van der Waals surface area contributed by atoms with Crippen LogP contribution in [0.1, 0.15) is 32.1 Å². The molecule has 1 aromatic heterocycles. The molecule has 0 spiro atoms. The fourth-order valence-corrected chi connectivity index (χ4v) is 1.90. The monoisotopic (exact) mass is 333 g/mol. The lowest BCUT2D eigenvalue weighted by Gasteiger charge is -2.12. The molecule has 0 aliphatic carbocycles. The number of nitrogens with one attached hydrogen (secondary N) is 4. The summed E-state index contributed by atoms with van der Waals surface area (Å²) < 4.78 is 5.40. The van der Waals surface area contributed by atoms with Gasteiger partial charge in [-0.2, -0.15) is 5.10 Å². The van der Waals surface area contributed by atoms with Crippen LogP contribution >= 0.6 is 0 Å². The molecule has 0 aliphatic heterocycles. The lowest BCUT2D eigenvalue weighted by Crippen LogP contribution is -2.32. The van der Waals surface area contributed by atoms with Crippen LogP contribution in [0.25, 0.3) is 0 Å².